The fourth-order valence-corrected chi connectivity index (χ4v) is 2.89. The van der Waals surface area contributed by atoms with Gasteiger partial charge in [0.25, 0.3) is 0 Å². The fraction of sp³-hybridized carbons (Fsp3) is 0.0909. The van der Waals surface area contributed by atoms with Gasteiger partial charge in [-0.15, -0.1) is 0 Å². The molecular weight excluding hydrogens is 360 g/mol. The number of ether oxygens (including phenoxy) is 2. The van der Waals surface area contributed by atoms with Crippen LogP contribution in [0, 0.1) is 0 Å². The Kier molecular flexibility index (Phi) is 4.68. The number of carbonyl (C=O) groups excluding carboxylic acids is 2. The van der Waals surface area contributed by atoms with Crippen molar-refractivity contribution in [2.75, 3.05) is 6.61 Å². The van der Waals surface area contributed by atoms with Crippen LogP contribution in [-0.2, 0) is 4.74 Å². The first-order chi connectivity index (χ1) is 13.7. The molecule has 140 valence electrons. The lowest BCUT2D eigenvalue weighted by Gasteiger charge is -2.04. The van der Waals surface area contributed by atoms with Crippen LogP contribution in [0.4, 0.5) is 0 Å². The van der Waals surface area contributed by atoms with Crippen LogP contribution in [0.25, 0.3) is 22.3 Å². The molecule has 4 aromatic rings. The molecule has 0 amide bonds. The maximum absolute atomic E-state index is 12.6. The van der Waals surface area contributed by atoms with Gasteiger partial charge in [0.15, 0.2) is 0 Å². The van der Waals surface area contributed by atoms with E-state index in [0.29, 0.717) is 22.3 Å². The van der Waals surface area contributed by atoms with Gasteiger partial charge in [-0.1, -0.05) is 30.3 Å². The predicted octanol–water partition coefficient (Wildman–Crippen LogP) is 5.09. The van der Waals surface area contributed by atoms with Crippen molar-refractivity contribution >= 4 is 22.9 Å². The molecule has 6 nitrogen and oxygen atoms in total. The second-order valence-corrected chi connectivity index (χ2v) is 5.92. The number of esters is 2. The highest BCUT2D eigenvalue weighted by atomic mass is 16.5. The van der Waals surface area contributed by atoms with E-state index in [1.54, 1.807) is 31.2 Å². The smallest absolute Gasteiger partial charge is 0.379 e. The number of carbonyl (C=O) groups is 2. The van der Waals surface area contributed by atoms with Crippen LogP contribution < -0.4 is 4.74 Å². The van der Waals surface area contributed by atoms with E-state index in [2.05, 4.69) is 0 Å². The van der Waals surface area contributed by atoms with Crippen molar-refractivity contribution in [2.24, 2.45) is 0 Å². The molecular formula is C22H16O6. The van der Waals surface area contributed by atoms with Crippen LogP contribution in [0.1, 0.15) is 27.8 Å². The van der Waals surface area contributed by atoms with E-state index in [9.17, 15) is 9.59 Å². The summed E-state index contributed by atoms with van der Waals surface area (Å²) in [5, 5.41) is 0.502. The number of fused-ring (bicyclic) bond motifs is 1. The van der Waals surface area contributed by atoms with Gasteiger partial charge in [0.2, 0.25) is 5.76 Å². The molecule has 28 heavy (non-hydrogen) atoms. The Hall–Kier alpha value is -3.80. The van der Waals surface area contributed by atoms with Crippen LogP contribution >= 0.6 is 0 Å². The number of benzene rings is 2. The van der Waals surface area contributed by atoms with E-state index in [-0.39, 0.29) is 18.1 Å². The predicted molar refractivity (Wildman–Crippen MR) is 101 cm³/mol. The third-order valence-electron chi connectivity index (χ3n) is 4.11. The lowest BCUT2D eigenvalue weighted by molar-refractivity contribution is 0.0528. The second-order valence-electron chi connectivity index (χ2n) is 5.92. The van der Waals surface area contributed by atoms with Gasteiger partial charge in [-0.3, -0.25) is 0 Å². The summed E-state index contributed by atoms with van der Waals surface area (Å²) in [6, 6.07) is 17.2. The van der Waals surface area contributed by atoms with Gasteiger partial charge in [0.05, 0.1) is 12.9 Å². The molecule has 0 fully saturated rings. The Labute approximate surface area is 160 Å². The molecule has 0 radical (unpaired) electrons. The Morgan fingerprint density at radius 3 is 2.50 bits per heavy atom. The Balaban J connectivity index is 1.80. The van der Waals surface area contributed by atoms with Crippen molar-refractivity contribution in [1.29, 1.82) is 0 Å². The molecule has 0 N–H and O–H groups in total. The first-order valence-corrected chi connectivity index (χ1v) is 8.72. The third-order valence-corrected chi connectivity index (χ3v) is 4.11. The van der Waals surface area contributed by atoms with Crippen molar-refractivity contribution < 1.29 is 27.9 Å². The highest BCUT2D eigenvalue weighted by Crippen LogP contribution is 2.36. The van der Waals surface area contributed by atoms with Gasteiger partial charge in [0, 0.05) is 10.9 Å². The lowest BCUT2D eigenvalue weighted by atomic mass is 10.1. The summed E-state index contributed by atoms with van der Waals surface area (Å²) >= 11 is 0. The van der Waals surface area contributed by atoms with Gasteiger partial charge < -0.3 is 18.3 Å². The molecule has 2 aromatic heterocycles. The zero-order valence-corrected chi connectivity index (χ0v) is 15.0. The largest absolute Gasteiger partial charge is 0.462 e. The van der Waals surface area contributed by atoms with Gasteiger partial charge in [0.1, 0.15) is 22.7 Å². The topological polar surface area (TPSA) is 78.9 Å². The summed E-state index contributed by atoms with van der Waals surface area (Å²) in [4.78, 5) is 24.8. The Bertz CT molecular complexity index is 1120. The minimum atomic E-state index is -0.631. The van der Waals surface area contributed by atoms with Crippen LogP contribution in [0.2, 0.25) is 0 Å². The van der Waals surface area contributed by atoms with Crippen molar-refractivity contribution in [3.05, 3.63) is 78.3 Å². The van der Waals surface area contributed by atoms with E-state index >= 15 is 0 Å². The van der Waals surface area contributed by atoms with Crippen molar-refractivity contribution in [1.82, 2.24) is 0 Å². The molecule has 0 saturated carbocycles. The van der Waals surface area contributed by atoms with Crippen molar-refractivity contribution in [2.45, 2.75) is 6.92 Å². The van der Waals surface area contributed by atoms with Crippen LogP contribution in [0.3, 0.4) is 0 Å². The first kappa shape index (κ1) is 17.6. The quantitative estimate of drug-likeness (QED) is 0.357. The molecule has 0 saturated heterocycles. The molecule has 6 heteroatoms. The van der Waals surface area contributed by atoms with Gasteiger partial charge in [-0.25, -0.2) is 9.59 Å². The molecule has 0 unspecified atom stereocenters. The van der Waals surface area contributed by atoms with E-state index in [1.165, 1.54) is 12.3 Å². The molecule has 0 bridgehead atoms. The van der Waals surface area contributed by atoms with Crippen LogP contribution in [-0.4, -0.2) is 18.5 Å². The van der Waals surface area contributed by atoms with E-state index in [4.69, 9.17) is 18.3 Å². The van der Waals surface area contributed by atoms with Crippen molar-refractivity contribution in [3.8, 4) is 17.1 Å². The number of rotatable bonds is 5. The zero-order valence-electron chi connectivity index (χ0n) is 15.0. The van der Waals surface area contributed by atoms with Crippen LogP contribution in [0.5, 0.6) is 5.75 Å². The summed E-state index contributed by atoms with van der Waals surface area (Å²) in [6.07, 6.45) is 1.39. The molecule has 0 spiro atoms. The molecule has 4 rings (SSSR count). The zero-order chi connectivity index (χ0) is 19.5. The summed E-state index contributed by atoms with van der Waals surface area (Å²) in [7, 11) is 0. The molecule has 0 atom stereocenters. The summed E-state index contributed by atoms with van der Waals surface area (Å²) in [6.45, 7) is 1.96. The van der Waals surface area contributed by atoms with Crippen molar-refractivity contribution in [3.63, 3.8) is 0 Å². The summed E-state index contributed by atoms with van der Waals surface area (Å²) in [5.41, 5.74) is 1.52. The lowest BCUT2D eigenvalue weighted by Crippen LogP contribution is -2.07. The fourth-order valence-electron chi connectivity index (χ4n) is 2.89. The minimum Gasteiger partial charge on any atom is -0.462 e. The highest BCUT2D eigenvalue weighted by Gasteiger charge is 2.24. The Morgan fingerprint density at radius 2 is 1.79 bits per heavy atom. The minimum absolute atomic E-state index is 0.0860. The number of hydrogen-bond donors (Lipinski definition) is 0. The van der Waals surface area contributed by atoms with Gasteiger partial charge in [-0.05, 0) is 37.3 Å². The average Bonchev–Trinajstić information content (AvgIpc) is 3.37. The third kappa shape index (κ3) is 3.27. The summed E-state index contributed by atoms with van der Waals surface area (Å²) in [5.74, 6) is -0.380. The van der Waals surface area contributed by atoms with Gasteiger partial charge in [-0.2, -0.15) is 0 Å². The molecule has 2 aromatic carbocycles. The maximum atomic E-state index is 12.6. The molecule has 0 aliphatic carbocycles. The summed E-state index contributed by atoms with van der Waals surface area (Å²) < 4.78 is 21.5. The standard InChI is InChI=1S/C22H16O6/c1-2-25-22(24)19-16-13-15(27-21(23)18-9-6-12-26-18)10-11-17(16)28-20(19)14-7-4-3-5-8-14/h3-13H,2H2,1H3. The van der Waals surface area contributed by atoms with Crippen LogP contribution in [0.15, 0.2) is 75.8 Å². The maximum Gasteiger partial charge on any atom is 0.379 e. The molecule has 2 heterocycles. The Morgan fingerprint density at radius 1 is 0.964 bits per heavy atom. The SMILES string of the molecule is CCOC(=O)c1c(-c2ccccc2)oc2ccc(OC(=O)c3ccco3)cc12. The van der Waals surface area contributed by atoms with E-state index in [0.717, 1.165) is 5.56 Å². The normalized spacial score (nSPS) is 10.8. The monoisotopic (exact) mass is 376 g/mol. The molecule has 0 aliphatic rings. The number of furan rings is 2. The van der Waals surface area contributed by atoms with E-state index in [1.807, 2.05) is 30.3 Å². The van der Waals surface area contributed by atoms with E-state index < -0.39 is 11.9 Å². The number of hydrogen-bond acceptors (Lipinski definition) is 6. The highest BCUT2D eigenvalue weighted by molar-refractivity contribution is 6.09. The van der Waals surface area contributed by atoms with Gasteiger partial charge >= 0.3 is 11.9 Å². The molecule has 0 aliphatic heterocycles. The average molecular weight is 376 g/mol. The first-order valence-electron chi connectivity index (χ1n) is 8.72. The second kappa shape index (κ2) is 7.44.